The second-order valence-electron chi connectivity index (χ2n) is 4.53. The molecule has 0 spiro atoms. The summed E-state index contributed by atoms with van der Waals surface area (Å²) in [5.74, 6) is 1.16. The van der Waals surface area contributed by atoms with Crippen LogP contribution in [0, 0.1) is 11.8 Å². The maximum atomic E-state index is 11.8. The summed E-state index contributed by atoms with van der Waals surface area (Å²) in [5.41, 5.74) is 0.456. The van der Waals surface area contributed by atoms with Crippen LogP contribution in [0.25, 0.3) is 0 Å². The van der Waals surface area contributed by atoms with E-state index in [1.807, 2.05) is 0 Å². The lowest BCUT2D eigenvalue weighted by atomic mass is 10.1. The normalized spacial score (nSPS) is 16.6. The van der Waals surface area contributed by atoms with Crippen molar-refractivity contribution in [2.45, 2.75) is 19.8 Å². The van der Waals surface area contributed by atoms with Crippen molar-refractivity contribution in [1.82, 2.24) is 10.3 Å². The third-order valence-electron chi connectivity index (χ3n) is 3.04. The Morgan fingerprint density at radius 2 is 2.06 bits per heavy atom. The van der Waals surface area contributed by atoms with Gasteiger partial charge >= 0.3 is 0 Å². The van der Waals surface area contributed by atoms with Crippen LogP contribution in [-0.4, -0.2) is 17.4 Å². The first-order chi connectivity index (χ1) is 8.06. The molecule has 1 amide bonds. The molecule has 2 rings (SSSR count). The molecule has 5 heteroatoms. The van der Waals surface area contributed by atoms with Crippen molar-refractivity contribution in [2.75, 3.05) is 6.54 Å². The number of aromatic nitrogens is 1. The largest absolute Gasteiger partial charge is 0.352 e. The average Bonchev–Trinajstić information content (AvgIpc) is 3.07. The number of halogens is 2. The molecule has 0 saturated heterocycles. The molecule has 1 fully saturated rings. The van der Waals surface area contributed by atoms with Crippen LogP contribution in [0.4, 0.5) is 0 Å². The van der Waals surface area contributed by atoms with Crippen molar-refractivity contribution in [3.05, 3.63) is 28.0 Å². The highest BCUT2D eigenvalue weighted by atomic mass is 35.5. The number of hydrogen-bond acceptors (Lipinski definition) is 2. The Morgan fingerprint density at radius 1 is 1.47 bits per heavy atom. The molecule has 0 radical (unpaired) electrons. The number of nitrogens with one attached hydrogen (secondary N) is 1. The van der Waals surface area contributed by atoms with Crippen LogP contribution in [0.2, 0.25) is 10.3 Å². The van der Waals surface area contributed by atoms with Gasteiger partial charge in [0.25, 0.3) is 5.91 Å². The number of amides is 1. The maximum absolute atomic E-state index is 11.8. The van der Waals surface area contributed by atoms with Crippen molar-refractivity contribution in [2.24, 2.45) is 11.8 Å². The van der Waals surface area contributed by atoms with Gasteiger partial charge in [-0.1, -0.05) is 30.1 Å². The Balaban J connectivity index is 1.94. The number of carbonyl (C=O) groups is 1. The van der Waals surface area contributed by atoms with Gasteiger partial charge in [-0.05, 0) is 36.8 Å². The Morgan fingerprint density at radius 3 is 2.59 bits per heavy atom. The molecule has 1 saturated carbocycles. The molecule has 1 aliphatic carbocycles. The third-order valence-corrected chi connectivity index (χ3v) is 3.42. The average molecular weight is 273 g/mol. The van der Waals surface area contributed by atoms with Gasteiger partial charge in [0.05, 0.1) is 0 Å². The summed E-state index contributed by atoms with van der Waals surface area (Å²) in [6.07, 6.45) is 2.56. The molecular formula is C12H14Cl2N2O. The van der Waals surface area contributed by atoms with E-state index < -0.39 is 0 Å². The van der Waals surface area contributed by atoms with Crippen LogP contribution in [0.3, 0.4) is 0 Å². The zero-order valence-electron chi connectivity index (χ0n) is 9.54. The molecule has 1 N–H and O–H groups in total. The summed E-state index contributed by atoms with van der Waals surface area (Å²) in [6, 6.07) is 3.04. The van der Waals surface area contributed by atoms with E-state index in [1.165, 1.54) is 25.0 Å². The monoisotopic (exact) mass is 272 g/mol. The lowest BCUT2D eigenvalue weighted by Crippen LogP contribution is -2.29. The van der Waals surface area contributed by atoms with E-state index in [1.54, 1.807) is 0 Å². The predicted octanol–water partition coefficient (Wildman–Crippen LogP) is 3.16. The molecule has 1 unspecified atom stereocenters. The second-order valence-corrected chi connectivity index (χ2v) is 5.30. The highest BCUT2D eigenvalue weighted by Gasteiger charge is 2.27. The number of rotatable bonds is 4. The van der Waals surface area contributed by atoms with E-state index in [2.05, 4.69) is 17.2 Å². The van der Waals surface area contributed by atoms with Crippen LogP contribution < -0.4 is 5.32 Å². The molecule has 1 aromatic heterocycles. The van der Waals surface area contributed by atoms with Gasteiger partial charge in [-0.25, -0.2) is 4.98 Å². The van der Waals surface area contributed by atoms with Crippen molar-refractivity contribution < 1.29 is 4.79 Å². The van der Waals surface area contributed by atoms with E-state index >= 15 is 0 Å². The smallest absolute Gasteiger partial charge is 0.251 e. The van der Waals surface area contributed by atoms with Gasteiger partial charge in [-0.15, -0.1) is 0 Å². The van der Waals surface area contributed by atoms with Crippen LogP contribution in [-0.2, 0) is 0 Å². The quantitative estimate of drug-likeness (QED) is 0.856. The Kier molecular flexibility index (Phi) is 3.89. The van der Waals surface area contributed by atoms with Crippen molar-refractivity contribution in [3.8, 4) is 0 Å². The molecule has 1 aromatic rings. The van der Waals surface area contributed by atoms with Crippen LogP contribution >= 0.6 is 23.2 Å². The van der Waals surface area contributed by atoms with Crippen LogP contribution in [0.1, 0.15) is 30.1 Å². The lowest BCUT2D eigenvalue weighted by molar-refractivity contribution is 0.0946. The molecule has 0 aromatic carbocycles. The SMILES string of the molecule is CC(CNC(=O)c1cc(Cl)nc(Cl)c1)C1CC1. The first-order valence-corrected chi connectivity index (χ1v) is 6.43. The van der Waals surface area contributed by atoms with Gasteiger partial charge in [-0.3, -0.25) is 4.79 Å². The molecule has 3 nitrogen and oxygen atoms in total. The van der Waals surface area contributed by atoms with Crippen molar-refractivity contribution in [3.63, 3.8) is 0 Å². The Bertz CT molecular complexity index is 412. The fourth-order valence-corrected chi connectivity index (χ4v) is 2.24. The summed E-state index contributed by atoms with van der Waals surface area (Å²) in [5, 5.41) is 3.36. The zero-order chi connectivity index (χ0) is 12.4. The summed E-state index contributed by atoms with van der Waals surface area (Å²) >= 11 is 11.5. The van der Waals surface area contributed by atoms with Crippen LogP contribution in [0.15, 0.2) is 12.1 Å². The number of pyridine rings is 1. The van der Waals surface area contributed by atoms with E-state index in [4.69, 9.17) is 23.2 Å². The number of carbonyl (C=O) groups excluding carboxylic acids is 1. The molecule has 92 valence electrons. The molecule has 1 aliphatic rings. The van der Waals surface area contributed by atoms with E-state index in [-0.39, 0.29) is 16.2 Å². The maximum Gasteiger partial charge on any atom is 0.251 e. The van der Waals surface area contributed by atoms with Gasteiger partial charge < -0.3 is 5.32 Å². The fraction of sp³-hybridized carbons (Fsp3) is 0.500. The number of nitrogens with zero attached hydrogens (tertiary/aromatic N) is 1. The van der Waals surface area contributed by atoms with Crippen molar-refractivity contribution >= 4 is 29.1 Å². The minimum absolute atomic E-state index is 0.149. The lowest BCUT2D eigenvalue weighted by Gasteiger charge is -2.11. The van der Waals surface area contributed by atoms with Gasteiger partial charge in [0, 0.05) is 12.1 Å². The first kappa shape index (κ1) is 12.7. The first-order valence-electron chi connectivity index (χ1n) is 5.67. The summed E-state index contributed by atoms with van der Waals surface area (Å²) < 4.78 is 0. The second kappa shape index (κ2) is 5.23. The Hall–Kier alpha value is -0.800. The molecule has 0 aliphatic heterocycles. The highest BCUT2D eigenvalue weighted by Crippen LogP contribution is 2.36. The highest BCUT2D eigenvalue weighted by molar-refractivity contribution is 6.33. The fourth-order valence-electron chi connectivity index (χ4n) is 1.78. The summed E-state index contributed by atoms with van der Waals surface area (Å²) in [6.45, 7) is 2.85. The topological polar surface area (TPSA) is 42.0 Å². The van der Waals surface area contributed by atoms with Gasteiger partial charge in [0.2, 0.25) is 0 Å². The minimum Gasteiger partial charge on any atom is -0.352 e. The Labute approximate surface area is 111 Å². The third kappa shape index (κ3) is 3.58. The molecule has 1 heterocycles. The van der Waals surface area contributed by atoms with E-state index in [0.717, 1.165) is 5.92 Å². The summed E-state index contributed by atoms with van der Waals surface area (Å²) in [4.78, 5) is 15.6. The van der Waals surface area contributed by atoms with Gasteiger partial charge in [0.15, 0.2) is 0 Å². The molecular weight excluding hydrogens is 259 g/mol. The standard InChI is InChI=1S/C12H14Cl2N2O/c1-7(8-2-3-8)6-15-12(17)9-4-10(13)16-11(14)5-9/h4-5,7-8H,2-3,6H2,1H3,(H,15,17). The summed E-state index contributed by atoms with van der Waals surface area (Å²) in [7, 11) is 0. The van der Waals surface area contributed by atoms with Gasteiger partial charge in [-0.2, -0.15) is 0 Å². The van der Waals surface area contributed by atoms with E-state index in [0.29, 0.717) is 18.0 Å². The van der Waals surface area contributed by atoms with Gasteiger partial charge in [0.1, 0.15) is 10.3 Å². The number of hydrogen-bond donors (Lipinski definition) is 1. The van der Waals surface area contributed by atoms with E-state index in [9.17, 15) is 4.79 Å². The molecule has 0 bridgehead atoms. The minimum atomic E-state index is -0.149. The van der Waals surface area contributed by atoms with Crippen molar-refractivity contribution in [1.29, 1.82) is 0 Å². The molecule has 17 heavy (non-hydrogen) atoms. The molecule has 1 atom stereocenters. The zero-order valence-corrected chi connectivity index (χ0v) is 11.1. The predicted molar refractivity (Wildman–Crippen MR) is 68.5 cm³/mol. The van der Waals surface area contributed by atoms with Crippen LogP contribution in [0.5, 0.6) is 0 Å².